The first-order valence-electron chi connectivity index (χ1n) is 9.09. The maximum Gasteiger partial charge on any atom is 0.310 e. The minimum absolute atomic E-state index is 0.123. The van der Waals surface area contributed by atoms with E-state index in [2.05, 4.69) is 53.3 Å². The highest BCUT2D eigenvalue weighted by Gasteiger charge is 2.13. The molecule has 0 saturated heterocycles. The second-order valence-electron chi connectivity index (χ2n) is 6.69. The number of esters is 1. The monoisotopic (exact) mass is 330 g/mol. The fraction of sp³-hybridized carbons (Fsp3) is 0.261. The minimum Gasteiger partial charge on any atom is -0.435 e. The SMILES string of the molecule is O=C1CCC=CO1.c1ccc2c(c1)ccc1c3c(ccc12)CCCC3. The van der Waals surface area contributed by atoms with E-state index in [4.69, 9.17) is 0 Å². The first-order chi connectivity index (χ1) is 12.3. The van der Waals surface area contributed by atoms with Crippen LogP contribution in [0.1, 0.15) is 36.8 Å². The predicted molar refractivity (Wildman–Crippen MR) is 103 cm³/mol. The van der Waals surface area contributed by atoms with Gasteiger partial charge in [0.05, 0.1) is 6.26 Å². The summed E-state index contributed by atoms with van der Waals surface area (Å²) in [5, 5.41) is 5.64. The molecular weight excluding hydrogens is 308 g/mol. The van der Waals surface area contributed by atoms with E-state index in [-0.39, 0.29) is 5.97 Å². The summed E-state index contributed by atoms with van der Waals surface area (Å²) in [4.78, 5) is 10.2. The van der Waals surface area contributed by atoms with Gasteiger partial charge in [-0.2, -0.15) is 0 Å². The van der Waals surface area contributed by atoms with Crippen molar-refractivity contribution in [2.45, 2.75) is 38.5 Å². The van der Waals surface area contributed by atoms with Gasteiger partial charge in [0.1, 0.15) is 0 Å². The van der Waals surface area contributed by atoms with E-state index in [1.807, 2.05) is 6.08 Å². The van der Waals surface area contributed by atoms with Gasteiger partial charge in [0.25, 0.3) is 0 Å². The molecule has 2 nitrogen and oxygen atoms in total. The van der Waals surface area contributed by atoms with Crippen LogP contribution in [0.15, 0.2) is 60.9 Å². The van der Waals surface area contributed by atoms with Gasteiger partial charge >= 0.3 is 5.97 Å². The van der Waals surface area contributed by atoms with Crippen molar-refractivity contribution in [2.24, 2.45) is 0 Å². The van der Waals surface area contributed by atoms with E-state index in [0.717, 1.165) is 6.42 Å². The number of carbonyl (C=O) groups is 1. The first-order valence-corrected chi connectivity index (χ1v) is 9.09. The minimum atomic E-state index is -0.123. The summed E-state index contributed by atoms with van der Waals surface area (Å²) in [7, 11) is 0. The van der Waals surface area contributed by atoms with Crippen LogP contribution in [0.4, 0.5) is 0 Å². The van der Waals surface area contributed by atoms with Gasteiger partial charge in [0, 0.05) is 6.42 Å². The molecule has 2 aliphatic rings. The summed E-state index contributed by atoms with van der Waals surface area (Å²) >= 11 is 0. The van der Waals surface area contributed by atoms with E-state index < -0.39 is 0 Å². The number of hydrogen-bond acceptors (Lipinski definition) is 2. The molecule has 126 valence electrons. The van der Waals surface area contributed by atoms with E-state index >= 15 is 0 Å². The van der Waals surface area contributed by atoms with Crippen LogP contribution >= 0.6 is 0 Å². The van der Waals surface area contributed by atoms with Gasteiger partial charge in [0.15, 0.2) is 0 Å². The average molecular weight is 330 g/mol. The topological polar surface area (TPSA) is 26.3 Å². The van der Waals surface area contributed by atoms with Crippen LogP contribution in [0.5, 0.6) is 0 Å². The molecule has 5 rings (SSSR count). The number of carbonyl (C=O) groups excluding carboxylic acids is 1. The highest BCUT2D eigenvalue weighted by Crippen LogP contribution is 2.33. The predicted octanol–water partition coefficient (Wildman–Crippen LogP) is 5.71. The van der Waals surface area contributed by atoms with Crippen molar-refractivity contribution in [3.8, 4) is 0 Å². The van der Waals surface area contributed by atoms with Crippen LogP contribution in [0, 0.1) is 0 Å². The molecule has 0 saturated carbocycles. The van der Waals surface area contributed by atoms with Crippen LogP contribution in [-0.2, 0) is 22.4 Å². The molecule has 1 heterocycles. The van der Waals surface area contributed by atoms with Gasteiger partial charge in [-0.3, -0.25) is 4.79 Å². The Morgan fingerprint density at radius 1 is 0.760 bits per heavy atom. The lowest BCUT2D eigenvalue weighted by Gasteiger charge is -2.18. The molecule has 2 heteroatoms. The first kappa shape index (κ1) is 15.9. The second-order valence-corrected chi connectivity index (χ2v) is 6.69. The summed E-state index contributed by atoms with van der Waals surface area (Å²) in [5.41, 5.74) is 3.17. The molecule has 0 fully saturated rings. The van der Waals surface area contributed by atoms with Crippen molar-refractivity contribution < 1.29 is 9.53 Å². The molecule has 0 atom stereocenters. The summed E-state index contributed by atoms with van der Waals surface area (Å²) in [6, 6.07) is 18.0. The smallest absolute Gasteiger partial charge is 0.310 e. The Morgan fingerprint density at radius 2 is 1.60 bits per heavy atom. The van der Waals surface area contributed by atoms with Crippen molar-refractivity contribution in [1.29, 1.82) is 0 Å². The molecule has 3 aromatic carbocycles. The molecule has 3 aromatic rings. The Labute approximate surface area is 148 Å². The largest absolute Gasteiger partial charge is 0.435 e. The fourth-order valence-electron chi connectivity index (χ4n) is 3.79. The lowest BCUT2D eigenvalue weighted by Crippen LogP contribution is -2.02. The van der Waals surface area contributed by atoms with Crippen LogP contribution in [-0.4, -0.2) is 5.97 Å². The Kier molecular flexibility index (Phi) is 4.51. The number of benzene rings is 3. The fourth-order valence-corrected chi connectivity index (χ4v) is 3.79. The average Bonchev–Trinajstić information content (AvgIpc) is 2.68. The lowest BCUT2D eigenvalue weighted by molar-refractivity contribution is -0.138. The number of allylic oxidation sites excluding steroid dienone is 1. The second kappa shape index (κ2) is 7.10. The zero-order chi connectivity index (χ0) is 17.1. The van der Waals surface area contributed by atoms with E-state index in [1.165, 1.54) is 53.5 Å². The molecule has 1 aliphatic heterocycles. The number of fused-ring (bicyclic) bond motifs is 5. The molecule has 0 amide bonds. The molecule has 0 unspecified atom stereocenters. The van der Waals surface area contributed by atoms with Gasteiger partial charge in [-0.15, -0.1) is 0 Å². The zero-order valence-corrected chi connectivity index (χ0v) is 14.3. The number of cyclic esters (lactones) is 1. The zero-order valence-electron chi connectivity index (χ0n) is 14.3. The molecule has 1 aliphatic carbocycles. The summed E-state index contributed by atoms with van der Waals surface area (Å²) in [6.07, 6.45) is 9.86. The molecular formula is C23H22O2. The maximum absolute atomic E-state index is 10.2. The van der Waals surface area contributed by atoms with Crippen LogP contribution in [0.2, 0.25) is 0 Å². The van der Waals surface area contributed by atoms with Gasteiger partial charge in [0.2, 0.25) is 0 Å². The number of hydrogen-bond donors (Lipinski definition) is 0. The molecule has 25 heavy (non-hydrogen) atoms. The molecule has 0 N–H and O–H groups in total. The van der Waals surface area contributed by atoms with Gasteiger partial charge in [-0.1, -0.05) is 48.5 Å². The van der Waals surface area contributed by atoms with E-state index in [1.54, 1.807) is 11.1 Å². The molecule has 0 aromatic heterocycles. The number of aryl methyl sites for hydroxylation is 2. The number of ether oxygens (including phenoxy) is 1. The Balaban J connectivity index is 0.000000190. The van der Waals surface area contributed by atoms with Crippen LogP contribution < -0.4 is 0 Å². The summed E-state index contributed by atoms with van der Waals surface area (Å²) < 4.78 is 4.46. The molecule has 0 bridgehead atoms. The highest BCUT2D eigenvalue weighted by molar-refractivity contribution is 6.08. The van der Waals surface area contributed by atoms with Crippen molar-refractivity contribution in [2.75, 3.05) is 0 Å². The summed E-state index contributed by atoms with van der Waals surface area (Å²) in [5.74, 6) is -0.123. The highest BCUT2D eigenvalue weighted by atomic mass is 16.5. The van der Waals surface area contributed by atoms with Crippen molar-refractivity contribution >= 4 is 27.5 Å². The Morgan fingerprint density at radius 3 is 2.40 bits per heavy atom. The van der Waals surface area contributed by atoms with Crippen molar-refractivity contribution in [1.82, 2.24) is 0 Å². The van der Waals surface area contributed by atoms with Crippen LogP contribution in [0.25, 0.3) is 21.5 Å². The standard InChI is InChI=1S/C18H16.C5H6O2/c1-3-7-15-13(5-1)9-11-18-16-8-4-2-6-14(16)10-12-17(15)18;6-5-3-1-2-4-7-5/h1,3,5,7,9-12H,2,4,6,8H2;2,4H,1,3H2. The third-order valence-electron chi connectivity index (χ3n) is 5.07. The van der Waals surface area contributed by atoms with Gasteiger partial charge < -0.3 is 4.74 Å². The number of rotatable bonds is 0. The lowest BCUT2D eigenvalue weighted by atomic mass is 9.86. The molecule has 0 spiro atoms. The normalized spacial score (nSPS) is 16.1. The van der Waals surface area contributed by atoms with E-state index in [0.29, 0.717) is 6.42 Å². The maximum atomic E-state index is 10.2. The Hall–Kier alpha value is -2.61. The quantitative estimate of drug-likeness (QED) is 0.390. The van der Waals surface area contributed by atoms with Gasteiger partial charge in [-0.05, 0) is 70.9 Å². The van der Waals surface area contributed by atoms with E-state index in [9.17, 15) is 4.79 Å². The Bertz CT molecular complexity index is 953. The third kappa shape index (κ3) is 3.30. The van der Waals surface area contributed by atoms with Crippen molar-refractivity contribution in [3.05, 3.63) is 72.0 Å². The molecule has 0 radical (unpaired) electrons. The van der Waals surface area contributed by atoms with Gasteiger partial charge in [-0.25, -0.2) is 0 Å². The summed E-state index contributed by atoms with van der Waals surface area (Å²) in [6.45, 7) is 0. The van der Waals surface area contributed by atoms with Crippen molar-refractivity contribution in [3.63, 3.8) is 0 Å². The van der Waals surface area contributed by atoms with Crippen LogP contribution in [0.3, 0.4) is 0 Å². The third-order valence-corrected chi connectivity index (χ3v) is 5.07.